The minimum Gasteiger partial charge on any atom is -0.210 e. The summed E-state index contributed by atoms with van der Waals surface area (Å²) >= 11 is 7.20. The molecule has 1 fully saturated rings. The van der Waals surface area contributed by atoms with Crippen molar-refractivity contribution in [3.8, 4) is 0 Å². The zero-order valence-corrected chi connectivity index (χ0v) is 14.0. The molecule has 0 amide bonds. The highest BCUT2D eigenvalue weighted by atomic mass is 35.5. The van der Waals surface area contributed by atoms with Crippen LogP contribution in [-0.2, 0) is 15.4 Å². The van der Waals surface area contributed by atoms with Crippen molar-refractivity contribution in [3.63, 3.8) is 0 Å². The SMILES string of the molecule is Cc1ccc(S(=O)(=O)NCC2(c3ccc(Cl)cc3)CC2)s1. The fourth-order valence-electron chi connectivity index (χ4n) is 2.38. The number of benzene rings is 1. The van der Waals surface area contributed by atoms with Gasteiger partial charge in [-0.1, -0.05) is 23.7 Å². The van der Waals surface area contributed by atoms with Gasteiger partial charge in [-0.05, 0) is 49.6 Å². The van der Waals surface area contributed by atoms with Crippen molar-refractivity contribution in [2.75, 3.05) is 6.54 Å². The number of aryl methyl sites for hydroxylation is 1. The fraction of sp³-hybridized carbons (Fsp3) is 0.333. The van der Waals surface area contributed by atoms with Crippen molar-refractivity contribution in [2.45, 2.75) is 29.4 Å². The van der Waals surface area contributed by atoms with Gasteiger partial charge < -0.3 is 0 Å². The van der Waals surface area contributed by atoms with Crippen LogP contribution in [0.5, 0.6) is 0 Å². The summed E-state index contributed by atoms with van der Waals surface area (Å²) < 4.78 is 27.7. The van der Waals surface area contributed by atoms with Crippen LogP contribution in [-0.4, -0.2) is 15.0 Å². The Bertz CT molecular complexity index is 746. The Morgan fingerprint density at radius 2 is 1.86 bits per heavy atom. The van der Waals surface area contributed by atoms with Crippen LogP contribution in [0.3, 0.4) is 0 Å². The van der Waals surface area contributed by atoms with E-state index in [0.29, 0.717) is 15.8 Å². The number of hydrogen-bond donors (Lipinski definition) is 1. The minimum atomic E-state index is -3.41. The Morgan fingerprint density at radius 3 is 2.38 bits per heavy atom. The normalized spacial score (nSPS) is 16.9. The molecule has 1 saturated carbocycles. The predicted octanol–water partition coefficient (Wildman–Crippen LogP) is 3.72. The number of hydrogen-bond acceptors (Lipinski definition) is 3. The van der Waals surface area contributed by atoms with Crippen molar-refractivity contribution in [2.24, 2.45) is 0 Å². The van der Waals surface area contributed by atoms with Crippen LogP contribution in [0.2, 0.25) is 5.02 Å². The second-order valence-corrected chi connectivity index (χ2v) is 9.19. The van der Waals surface area contributed by atoms with Gasteiger partial charge in [0.15, 0.2) is 0 Å². The van der Waals surface area contributed by atoms with Crippen LogP contribution in [0.25, 0.3) is 0 Å². The van der Waals surface area contributed by atoms with Crippen molar-refractivity contribution < 1.29 is 8.42 Å². The second kappa shape index (κ2) is 5.39. The highest BCUT2D eigenvalue weighted by molar-refractivity contribution is 7.91. The van der Waals surface area contributed by atoms with E-state index in [1.165, 1.54) is 11.3 Å². The molecule has 6 heteroatoms. The van der Waals surface area contributed by atoms with E-state index in [0.717, 1.165) is 23.3 Å². The van der Waals surface area contributed by atoms with E-state index in [4.69, 9.17) is 11.6 Å². The molecule has 2 aromatic rings. The molecule has 21 heavy (non-hydrogen) atoms. The van der Waals surface area contributed by atoms with Crippen molar-refractivity contribution in [1.82, 2.24) is 4.72 Å². The van der Waals surface area contributed by atoms with Crippen LogP contribution in [0.15, 0.2) is 40.6 Å². The Morgan fingerprint density at radius 1 is 1.19 bits per heavy atom. The largest absolute Gasteiger partial charge is 0.250 e. The summed E-state index contributed by atoms with van der Waals surface area (Å²) in [6.07, 6.45) is 2.00. The molecule has 1 heterocycles. The molecule has 1 aliphatic rings. The smallest absolute Gasteiger partial charge is 0.210 e. The first-order valence-corrected chi connectivity index (χ1v) is 9.41. The lowest BCUT2D eigenvalue weighted by molar-refractivity contribution is 0.569. The third kappa shape index (κ3) is 3.16. The van der Waals surface area contributed by atoms with Crippen LogP contribution in [0, 0.1) is 6.92 Å². The van der Waals surface area contributed by atoms with Gasteiger partial charge in [0.25, 0.3) is 0 Å². The van der Waals surface area contributed by atoms with E-state index in [1.807, 2.05) is 37.3 Å². The summed E-state index contributed by atoms with van der Waals surface area (Å²) in [7, 11) is -3.41. The van der Waals surface area contributed by atoms with E-state index >= 15 is 0 Å². The third-order valence-electron chi connectivity index (χ3n) is 3.89. The molecule has 3 nitrogen and oxygen atoms in total. The molecule has 1 aromatic heterocycles. The number of rotatable bonds is 5. The molecular formula is C15H16ClNO2S2. The monoisotopic (exact) mass is 341 g/mol. The molecule has 0 aliphatic heterocycles. The lowest BCUT2D eigenvalue weighted by Gasteiger charge is -2.16. The van der Waals surface area contributed by atoms with Gasteiger partial charge in [0, 0.05) is 21.9 Å². The van der Waals surface area contributed by atoms with E-state index in [-0.39, 0.29) is 5.41 Å². The van der Waals surface area contributed by atoms with E-state index in [2.05, 4.69) is 4.72 Å². The molecule has 0 unspecified atom stereocenters. The second-order valence-electron chi connectivity index (χ2n) is 5.48. The van der Waals surface area contributed by atoms with Gasteiger partial charge in [-0.25, -0.2) is 13.1 Å². The Balaban J connectivity index is 1.74. The van der Waals surface area contributed by atoms with Gasteiger partial charge in [0.1, 0.15) is 4.21 Å². The molecule has 0 spiro atoms. The molecule has 0 radical (unpaired) electrons. The molecule has 1 N–H and O–H groups in total. The first-order chi connectivity index (χ1) is 9.91. The Kier molecular flexibility index (Phi) is 3.86. The fourth-order valence-corrected chi connectivity index (χ4v) is 4.96. The van der Waals surface area contributed by atoms with Crippen molar-refractivity contribution in [3.05, 3.63) is 51.9 Å². The Hall–Kier alpha value is -0.880. The molecule has 0 atom stereocenters. The van der Waals surface area contributed by atoms with Gasteiger partial charge >= 0.3 is 0 Å². The molecule has 1 aromatic carbocycles. The summed E-state index contributed by atoms with van der Waals surface area (Å²) in [5, 5.41) is 0.698. The molecule has 3 rings (SSSR count). The zero-order valence-electron chi connectivity index (χ0n) is 11.6. The van der Waals surface area contributed by atoms with E-state index in [9.17, 15) is 8.42 Å². The average Bonchev–Trinajstić information content (AvgIpc) is 3.11. The lowest BCUT2D eigenvalue weighted by Crippen LogP contribution is -2.31. The van der Waals surface area contributed by atoms with Gasteiger partial charge in [-0.15, -0.1) is 11.3 Å². The van der Waals surface area contributed by atoms with Crippen LogP contribution < -0.4 is 4.72 Å². The van der Waals surface area contributed by atoms with Crippen LogP contribution >= 0.6 is 22.9 Å². The standard InChI is InChI=1S/C15H16ClNO2S2/c1-11-2-7-14(20-11)21(18,19)17-10-15(8-9-15)12-3-5-13(16)6-4-12/h2-7,17H,8-10H2,1H3. The third-order valence-corrected chi connectivity index (χ3v) is 7.04. The molecule has 0 bridgehead atoms. The van der Waals surface area contributed by atoms with Gasteiger partial charge in [0.05, 0.1) is 0 Å². The first kappa shape index (κ1) is 15.0. The Labute approximate surface area is 134 Å². The maximum Gasteiger partial charge on any atom is 0.250 e. The maximum absolute atomic E-state index is 12.3. The van der Waals surface area contributed by atoms with E-state index in [1.54, 1.807) is 6.07 Å². The average molecular weight is 342 g/mol. The number of thiophene rings is 1. The summed E-state index contributed by atoms with van der Waals surface area (Å²) in [4.78, 5) is 0.995. The highest BCUT2D eigenvalue weighted by Gasteiger charge is 2.44. The summed E-state index contributed by atoms with van der Waals surface area (Å²) in [6, 6.07) is 11.2. The summed E-state index contributed by atoms with van der Waals surface area (Å²) in [5.41, 5.74) is 1.08. The molecule has 112 valence electrons. The van der Waals surface area contributed by atoms with E-state index < -0.39 is 10.0 Å². The molecule has 0 saturated heterocycles. The predicted molar refractivity (Wildman–Crippen MR) is 86.6 cm³/mol. The number of halogens is 1. The quantitative estimate of drug-likeness (QED) is 0.900. The minimum absolute atomic E-state index is 0.0655. The molecule has 1 aliphatic carbocycles. The van der Waals surface area contributed by atoms with Crippen LogP contribution in [0.1, 0.15) is 23.3 Å². The summed E-state index contributed by atoms with van der Waals surface area (Å²) in [6.45, 7) is 2.34. The van der Waals surface area contributed by atoms with Gasteiger partial charge in [-0.2, -0.15) is 0 Å². The zero-order chi connectivity index (χ0) is 15.1. The van der Waals surface area contributed by atoms with Gasteiger partial charge in [-0.3, -0.25) is 0 Å². The highest BCUT2D eigenvalue weighted by Crippen LogP contribution is 2.48. The summed E-state index contributed by atoms with van der Waals surface area (Å²) in [5.74, 6) is 0. The topological polar surface area (TPSA) is 46.2 Å². The number of nitrogens with one attached hydrogen (secondary N) is 1. The first-order valence-electron chi connectivity index (χ1n) is 6.74. The lowest BCUT2D eigenvalue weighted by atomic mass is 9.96. The van der Waals surface area contributed by atoms with Gasteiger partial charge in [0.2, 0.25) is 10.0 Å². The van der Waals surface area contributed by atoms with Crippen molar-refractivity contribution in [1.29, 1.82) is 0 Å². The van der Waals surface area contributed by atoms with Crippen molar-refractivity contribution >= 4 is 33.0 Å². The van der Waals surface area contributed by atoms with Crippen LogP contribution in [0.4, 0.5) is 0 Å². The maximum atomic E-state index is 12.3. The number of sulfonamides is 1. The molecular weight excluding hydrogens is 326 g/mol.